The van der Waals surface area contributed by atoms with Crippen molar-refractivity contribution in [3.05, 3.63) is 80.4 Å². The molecule has 4 aromatic rings. The molecule has 1 N–H and O–H groups in total. The Morgan fingerprint density at radius 2 is 1.94 bits per heavy atom. The first kappa shape index (κ1) is 20.4. The number of halogens is 3. The normalized spacial score (nSPS) is 11.5. The van der Waals surface area contributed by atoms with Gasteiger partial charge in [0.15, 0.2) is 17.2 Å². The summed E-state index contributed by atoms with van der Waals surface area (Å²) in [7, 11) is 0. The maximum absolute atomic E-state index is 13.6. The van der Waals surface area contributed by atoms with Gasteiger partial charge in [-0.25, -0.2) is 13.8 Å². The molecule has 7 nitrogen and oxygen atoms in total. The summed E-state index contributed by atoms with van der Waals surface area (Å²) in [5.41, 5.74) is 1.62. The number of nitro groups is 1. The van der Waals surface area contributed by atoms with Crippen LogP contribution in [-0.4, -0.2) is 21.2 Å². The minimum absolute atomic E-state index is 0.00647. The number of aromatic hydroxyl groups is 1. The number of aromatic nitrogens is 1. The van der Waals surface area contributed by atoms with Crippen molar-refractivity contribution in [1.82, 2.24) is 4.98 Å². The van der Waals surface area contributed by atoms with Crippen molar-refractivity contribution in [2.45, 2.75) is 6.92 Å². The number of nitro benzene ring substituents is 1. The molecule has 31 heavy (non-hydrogen) atoms. The molecule has 0 bridgehead atoms. The van der Waals surface area contributed by atoms with E-state index >= 15 is 0 Å². The van der Waals surface area contributed by atoms with E-state index in [1.807, 2.05) is 0 Å². The number of oxazole rings is 1. The largest absolute Gasteiger partial charge is 0.502 e. The molecule has 0 radical (unpaired) electrons. The van der Waals surface area contributed by atoms with E-state index in [9.17, 15) is 24.0 Å². The van der Waals surface area contributed by atoms with Crippen LogP contribution in [0.1, 0.15) is 11.1 Å². The van der Waals surface area contributed by atoms with Crippen molar-refractivity contribution in [2.24, 2.45) is 4.99 Å². The molecule has 0 unspecified atom stereocenters. The third-order valence-electron chi connectivity index (χ3n) is 4.42. The Hall–Kier alpha value is -3.85. The monoisotopic (exact) mass is 443 g/mol. The summed E-state index contributed by atoms with van der Waals surface area (Å²) in [6.07, 6.45) is 1.30. The Morgan fingerprint density at radius 1 is 1.19 bits per heavy atom. The first-order valence-corrected chi connectivity index (χ1v) is 9.18. The summed E-state index contributed by atoms with van der Waals surface area (Å²) >= 11 is 5.97. The summed E-state index contributed by atoms with van der Waals surface area (Å²) in [6, 6.07) is 9.29. The number of nitrogens with zero attached hydrogens (tertiary/aromatic N) is 3. The molecule has 0 fully saturated rings. The predicted molar refractivity (Wildman–Crippen MR) is 111 cm³/mol. The first-order chi connectivity index (χ1) is 14.7. The van der Waals surface area contributed by atoms with Crippen LogP contribution in [0.3, 0.4) is 0 Å². The van der Waals surface area contributed by atoms with Crippen molar-refractivity contribution >= 4 is 40.3 Å². The lowest BCUT2D eigenvalue weighted by Gasteiger charge is -2.02. The maximum Gasteiger partial charge on any atom is 0.311 e. The Kier molecular flexibility index (Phi) is 5.12. The van der Waals surface area contributed by atoms with Gasteiger partial charge in [-0.3, -0.25) is 15.1 Å². The fraction of sp³-hybridized carbons (Fsp3) is 0.0476. The van der Waals surface area contributed by atoms with Gasteiger partial charge in [0.05, 0.1) is 21.2 Å². The Bertz CT molecular complexity index is 1390. The molecule has 4 rings (SSSR count). The van der Waals surface area contributed by atoms with E-state index in [0.29, 0.717) is 22.4 Å². The van der Waals surface area contributed by atoms with Gasteiger partial charge in [0.25, 0.3) is 0 Å². The van der Waals surface area contributed by atoms with E-state index < -0.39 is 28.0 Å². The summed E-state index contributed by atoms with van der Waals surface area (Å²) in [6.45, 7) is 1.66. The van der Waals surface area contributed by atoms with Gasteiger partial charge in [0.2, 0.25) is 11.6 Å². The number of rotatable bonds is 4. The van der Waals surface area contributed by atoms with Gasteiger partial charge in [-0.05, 0) is 48.9 Å². The number of aryl methyl sites for hydroxylation is 1. The average molecular weight is 444 g/mol. The predicted octanol–water partition coefficient (Wildman–Crippen LogP) is 6.10. The molecule has 0 aliphatic carbocycles. The van der Waals surface area contributed by atoms with Crippen molar-refractivity contribution in [3.63, 3.8) is 0 Å². The summed E-state index contributed by atoms with van der Waals surface area (Å²) in [4.78, 5) is 18.9. The zero-order valence-electron chi connectivity index (χ0n) is 15.8. The smallest absolute Gasteiger partial charge is 0.311 e. The Labute approximate surface area is 178 Å². The number of hydrogen-bond donors (Lipinski definition) is 1. The quantitative estimate of drug-likeness (QED) is 0.178. The first-order valence-electron chi connectivity index (χ1n) is 8.80. The highest BCUT2D eigenvalue weighted by Gasteiger charge is 2.18. The van der Waals surface area contributed by atoms with E-state index in [0.717, 1.165) is 12.1 Å². The zero-order valence-corrected chi connectivity index (χ0v) is 16.5. The molecule has 0 aliphatic rings. The molecule has 0 atom stereocenters. The van der Waals surface area contributed by atoms with Gasteiger partial charge in [0, 0.05) is 17.8 Å². The van der Waals surface area contributed by atoms with Gasteiger partial charge >= 0.3 is 5.69 Å². The van der Waals surface area contributed by atoms with Gasteiger partial charge in [-0.2, -0.15) is 0 Å². The van der Waals surface area contributed by atoms with E-state index in [2.05, 4.69) is 9.98 Å². The molecule has 10 heteroatoms. The standard InChI is InChI=1S/C21H12ClF2N3O4/c1-10-4-11(20(28)18(5-10)27(29)30)9-25-12-2-3-19-17(6-12)26-21(31-19)13-7-15(23)16(24)8-14(13)22/h2-9,28H,1H3. The molecule has 156 valence electrons. The molecule has 1 heterocycles. The lowest BCUT2D eigenvalue weighted by molar-refractivity contribution is -0.385. The number of aliphatic imine (C=N–C) groups is 1. The second kappa shape index (κ2) is 7.77. The molecule has 0 amide bonds. The third-order valence-corrected chi connectivity index (χ3v) is 4.74. The van der Waals surface area contributed by atoms with Crippen LogP contribution in [0.5, 0.6) is 5.75 Å². The SMILES string of the molecule is Cc1cc(C=Nc2ccc3oc(-c4cc(F)c(F)cc4Cl)nc3c2)c(O)c([N+](=O)[O-])c1. The van der Waals surface area contributed by atoms with Gasteiger partial charge < -0.3 is 9.52 Å². The molecule has 0 saturated carbocycles. The Balaban J connectivity index is 1.70. The molecule has 0 spiro atoms. The topological polar surface area (TPSA) is 102 Å². The van der Waals surface area contributed by atoms with Crippen molar-refractivity contribution in [2.75, 3.05) is 0 Å². The van der Waals surface area contributed by atoms with Crippen molar-refractivity contribution in [1.29, 1.82) is 0 Å². The highest BCUT2D eigenvalue weighted by Crippen LogP contribution is 2.33. The van der Waals surface area contributed by atoms with E-state index in [4.69, 9.17) is 16.0 Å². The number of benzene rings is 3. The molecular formula is C21H12ClF2N3O4. The fourth-order valence-electron chi connectivity index (χ4n) is 2.97. The van der Waals surface area contributed by atoms with E-state index in [-0.39, 0.29) is 22.0 Å². The maximum atomic E-state index is 13.6. The van der Waals surface area contributed by atoms with Crippen molar-refractivity contribution < 1.29 is 23.2 Å². The zero-order chi connectivity index (χ0) is 22.3. The van der Waals surface area contributed by atoms with Crippen LogP contribution in [0, 0.1) is 28.7 Å². The minimum Gasteiger partial charge on any atom is -0.502 e. The van der Waals surface area contributed by atoms with Crippen LogP contribution in [0.15, 0.2) is 51.9 Å². The van der Waals surface area contributed by atoms with E-state index in [1.54, 1.807) is 31.2 Å². The summed E-state index contributed by atoms with van der Waals surface area (Å²) < 4.78 is 32.5. The number of phenolic OH excluding ortho intramolecular Hbond substituents is 1. The van der Waals surface area contributed by atoms with Crippen LogP contribution in [0.2, 0.25) is 5.02 Å². The number of fused-ring (bicyclic) bond motifs is 1. The van der Waals surface area contributed by atoms with E-state index in [1.165, 1.54) is 12.3 Å². The van der Waals surface area contributed by atoms with Crippen LogP contribution in [-0.2, 0) is 0 Å². The van der Waals surface area contributed by atoms with Crippen LogP contribution in [0.25, 0.3) is 22.6 Å². The van der Waals surface area contributed by atoms with Gasteiger partial charge in [-0.15, -0.1) is 0 Å². The molecule has 3 aromatic carbocycles. The lowest BCUT2D eigenvalue weighted by Crippen LogP contribution is -1.93. The second-order valence-corrected chi connectivity index (χ2v) is 7.06. The lowest BCUT2D eigenvalue weighted by atomic mass is 10.1. The second-order valence-electron chi connectivity index (χ2n) is 6.65. The highest BCUT2D eigenvalue weighted by atomic mass is 35.5. The Morgan fingerprint density at radius 3 is 2.68 bits per heavy atom. The summed E-state index contributed by atoms with van der Waals surface area (Å²) in [5, 5.41) is 21.1. The van der Waals surface area contributed by atoms with Crippen LogP contribution in [0.4, 0.5) is 20.2 Å². The third kappa shape index (κ3) is 3.95. The van der Waals surface area contributed by atoms with Gasteiger partial charge in [0.1, 0.15) is 5.52 Å². The number of hydrogen-bond acceptors (Lipinski definition) is 6. The molecular weight excluding hydrogens is 432 g/mol. The fourth-order valence-corrected chi connectivity index (χ4v) is 3.20. The molecule has 0 aliphatic heterocycles. The highest BCUT2D eigenvalue weighted by molar-refractivity contribution is 6.33. The molecule has 0 saturated heterocycles. The average Bonchev–Trinajstić information content (AvgIpc) is 3.13. The van der Waals surface area contributed by atoms with Crippen LogP contribution >= 0.6 is 11.6 Å². The van der Waals surface area contributed by atoms with Gasteiger partial charge in [-0.1, -0.05) is 11.6 Å². The summed E-state index contributed by atoms with van der Waals surface area (Å²) in [5.74, 6) is -2.65. The minimum atomic E-state index is -1.08. The number of phenols is 1. The van der Waals surface area contributed by atoms with Crippen LogP contribution < -0.4 is 0 Å². The molecule has 1 aromatic heterocycles. The van der Waals surface area contributed by atoms with Crippen molar-refractivity contribution in [3.8, 4) is 17.2 Å².